The maximum absolute atomic E-state index is 10.7. The largest absolute Gasteiger partial charge is 0.427 e. The van der Waals surface area contributed by atoms with Crippen LogP contribution in [0.25, 0.3) is 6.08 Å². The summed E-state index contributed by atoms with van der Waals surface area (Å²) in [6.45, 7) is 1.30. The number of carbonyl (C=O) groups excluding carboxylic acids is 1. The van der Waals surface area contributed by atoms with E-state index in [1.807, 2.05) is 0 Å². The number of nitriles is 2. The van der Waals surface area contributed by atoms with Gasteiger partial charge < -0.3 is 4.74 Å². The summed E-state index contributed by atoms with van der Waals surface area (Å²) in [6, 6.07) is 10.1. The molecule has 0 unspecified atom stereocenters. The summed E-state index contributed by atoms with van der Waals surface area (Å²) in [5, 5.41) is 17.2. The molecule has 0 heterocycles. The molecular weight excluding hydrogens is 204 g/mol. The van der Waals surface area contributed by atoms with E-state index >= 15 is 0 Å². The molecule has 1 aromatic rings. The van der Waals surface area contributed by atoms with E-state index in [-0.39, 0.29) is 5.57 Å². The first-order valence-electron chi connectivity index (χ1n) is 4.46. The molecule has 0 saturated carbocycles. The lowest BCUT2D eigenvalue weighted by Crippen LogP contribution is -2.01. The molecule has 0 radical (unpaired) electrons. The summed E-state index contributed by atoms with van der Waals surface area (Å²) < 4.78 is 4.87. The molecule has 0 atom stereocenters. The Morgan fingerprint density at radius 3 is 2.62 bits per heavy atom. The molecule has 0 fully saturated rings. The Bertz CT molecular complexity index is 503. The lowest BCUT2D eigenvalue weighted by atomic mass is 10.1. The first-order valence-corrected chi connectivity index (χ1v) is 4.46. The number of nitrogens with zero attached hydrogens (tertiary/aromatic N) is 2. The molecule has 1 aromatic carbocycles. The third kappa shape index (κ3) is 3.28. The van der Waals surface area contributed by atoms with Crippen molar-refractivity contribution in [3.63, 3.8) is 0 Å². The van der Waals surface area contributed by atoms with Crippen LogP contribution in [0.15, 0.2) is 29.8 Å². The van der Waals surface area contributed by atoms with Crippen molar-refractivity contribution in [2.75, 3.05) is 0 Å². The number of hydrogen-bond donors (Lipinski definition) is 0. The second-order valence-electron chi connectivity index (χ2n) is 2.95. The average molecular weight is 212 g/mol. The predicted octanol–water partition coefficient (Wildman–Crippen LogP) is 2.04. The van der Waals surface area contributed by atoms with Gasteiger partial charge in [-0.1, -0.05) is 12.1 Å². The van der Waals surface area contributed by atoms with Gasteiger partial charge in [-0.2, -0.15) is 10.5 Å². The Morgan fingerprint density at radius 2 is 2.06 bits per heavy atom. The van der Waals surface area contributed by atoms with Crippen molar-refractivity contribution in [1.82, 2.24) is 0 Å². The number of esters is 1. The highest BCUT2D eigenvalue weighted by molar-refractivity contribution is 5.70. The molecule has 0 aliphatic carbocycles. The van der Waals surface area contributed by atoms with Gasteiger partial charge in [0.2, 0.25) is 0 Å². The zero-order valence-electron chi connectivity index (χ0n) is 8.60. The van der Waals surface area contributed by atoms with E-state index in [1.54, 1.807) is 36.4 Å². The van der Waals surface area contributed by atoms with Crippen molar-refractivity contribution in [2.24, 2.45) is 0 Å². The maximum Gasteiger partial charge on any atom is 0.308 e. The lowest BCUT2D eigenvalue weighted by molar-refractivity contribution is -0.131. The Labute approximate surface area is 93.0 Å². The van der Waals surface area contributed by atoms with Crippen LogP contribution in [0.1, 0.15) is 12.5 Å². The van der Waals surface area contributed by atoms with Gasteiger partial charge >= 0.3 is 5.97 Å². The molecule has 78 valence electrons. The van der Waals surface area contributed by atoms with Gasteiger partial charge in [0.15, 0.2) is 0 Å². The van der Waals surface area contributed by atoms with Crippen LogP contribution >= 0.6 is 0 Å². The number of benzene rings is 1. The number of rotatable bonds is 2. The number of hydrogen-bond acceptors (Lipinski definition) is 4. The summed E-state index contributed by atoms with van der Waals surface area (Å²) in [6.07, 6.45) is 1.42. The van der Waals surface area contributed by atoms with Crippen LogP contribution in [0.3, 0.4) is 0 Å². The second kappa shape index (κ2) is 5.33. The van der Waals surface area contributed by atoms with Crippen LogP contribution in [0.2, 0.25) is 0 Å². The summed E-state index contributed by atoms with van der Waals surface area (Å²) in [5.41, 5.74) is 0.636. The van der Waals surface area contributed by atoms with Gasteiger partial charge in [-0.25, -0.2) is 0 Å². The summed E-state index contributed by atoms with van der Waals surface area (Å²) in [5.74, 6) is -0.0293. The fraction of sp³-hybridized carbons (Fsp3) is 0.0833. The quantitative estimate of drug-likeness (QED) is 0.427. The van der Waals surface area contributed by atoms with Crippen molar-refractivity contribution in [3.8, 4) is 17.9 Å². The maximum atomic E-state index is 10.7. The minimum Gasteiger partial charge on any atom is -0.427 e. The van der Waals surface area contributed by atoms with E-state index in [4.69, 9.17) is 15.3 Å². The van der Waals surface area contributed by atoms with E-state index in [2.05, 4.69) is 0 Å². The molecule has 1 rings (SSSR count). The Morgan fingerprint density at radius 1 is 1.38 bits per heavy atom. The molecule has 0 amide bonds. The Balaban J connectivity index is 3.01. The SMILES string of the molecule is CC(=O)Oc1cccc(C=C(C#N)C#N)c1. The molecule has 0 saturated heterocycles. The average Bonchev–Trinajstić information content (AvgIpc) is 2.25. The van der Waals surface area contributed by atoms with Gasteiger partial charge in [0, 0.05) is 6.92 Å². The number of allylic oxidation sites excluding steroid dienone is 1. The molecule has 16 heavy (non-hydrogen) atoms. The monoisotopic (exact) mass is 212 g/mol. The van der Waals surface area contributed by atoms with Crippen LogP contribution < -0.4 is 4.74 Å². The lowest BCUT2D eigenvalue weighted by Gasteiger charge is -2.01. The molecule has 0 spiro atoms. The van der Waals surface area contributed by atoms with Crippen LogP contribution in [0.5, 0.6) is 5.75 Å². The van der Waals surface area contributed by atoms with Crippen molar-refractivity contribution in [3.05, 3.63) is 35.4 Å². The van der Waals surface area contributed by atoms with Crippen molar-refractivity contribution in [1.29, 1.82) is 10.5 Å². The molecule has 0 aromatic heterocycles. The first kappa shape index (κ1) is 11.5. The van der Waals surface area contributed by atoms with Crippen LogP contribution in [-0.2, 0) is 4.79 Å². The van der Waals surface area contributed by atoms with Crippen molar-refractivity contribution < 1.29 is 9.53 Å². The van der Waals surface area contributed by atoms with Gasteiger partial charge in [0.25, 0.3) is 0 Å². The van der Waals surface area contributed by atoms with Gasteiger partial charge in [0.05, 0.1) is 0 Å². The normalized spacial score (nSPS) is 8.44. The minimum atomic E-state index is -0.415. The van der Waals surface area contributed by atoms with Crippen molar-refractivity contribution in [2.45, 2.75) is 6.92 Å². The van der Waals surface area contributed by atoms with E-state index in [0.29, 0.717) is 11.3 Å². The molecule has 0 N–H and O–H groups in total. The molecular formula is C12H8N2O2. The zero-order chi connectivity index (χ0) is 12.0. The molecule has 4 heteroatoms. The van der Waals surface area contributed by atoms with Gasteiger partial charge in [-0.05, 0) is 23.8 Å². The topological polar surface area (TPSA) is 73.9 Å². The van der Waals surface area contributed by atoms with Gasteiger partial charge in [-0.3, -0.25) is 4.79 Å². The standard InChI is InChI=1S/C12H8N2O2/c1-9(15)16-12-4-2-3-10(6-12)5-11(7-13)8-14/h2-6H,1H3. The fourth-order valence-corrected chi connectivity index (χ4v) is 1.09. The highest BCUT2D eigenvalue weighted by atomic mass is 16.5. The van der Waals surface area contributed by atoms with E-state index in [0.717, 1.165) is 0 Å². The van der Waals surface area contributed by atoms with Crippen LogP contribution in [-0.4, -0.2) is 5.97 Å². The second-order valence-corrected chi connectivity index (χ2v) is 2.95. The minimum absolute atomic E-state index is 0.0000231. The number of carbonyl (C=O) groups is 1. The first-order chi connectivity index (χ1) is 7.65. The molecule has 0 bridgehead atoms. The highest BCUT2D eigenvalue weighted by Gasteiger charge is 1.99. The third-order valence-electron chi connectivity index (χ3n) is 1.67. The van der Waals surface area contributed by atoms with Gasteiger partial charge in [0.1, 0.15) is 23.5 Å². The van der Waals surface area contributed by atoms with Crippen LogP contribution in [0.4, 0.5) is 0 Å². The summed E-state index contributed by atoms with van der Waals surface area (Å²) in [4.78, 5) is 10.7. The third-order valence-corrected chi connectivity index (χ3v) is 1.67. The summed E-state index contributed by atoms with van der Waals surface area (Å²) >= 11 is 0. The fourth-order valence-electron chi connectivity index (χ4n) is 1.09. The Kier molecular flexibility index (Phi) is 3.83. The molecule has 4 nitrogen and oxygen atoms in total. The van der Waals surface area contributed by atoms with E-state index < -0.39 is 5.97 Å². The molecule has 0 aliphatic heterocycles. The zero-order valence-corrected chi connectivity index (χ0v) is 8.60. The highest BCUT2D eigenvalue weighted by Crippen LogP contribution is 2.15. The van der Waals surface area contributed by atoms with E-state index in [9.17, 15) is 4.79 Å². The molecule has 0 aliphatic rings. The van der Waals surface area contributed by atoms with Crippen LogP contribution in [0, 0.1) is 22.7 Å². The number of ether oxygens (including phenoxy) is 1. The van der Waals surface area contributed by atoms with Gasteiger partial charge in [-0.15, -0.1) is 0 Å². The smallest absolute Gasteiger partial charge is 0.308 e. The summed E-state index contributed by atoms with van der Waals surface area (Å²) in [7, 11) is 0. The van der Waals surface area contributed by atoms with E-state index in [1.165, 1.54) is 13.0 Å². The van der Waals surface area contributed by atoms with Crippen molar-refractivity contribution >= 4 is 12.0 Å². The Hall–Kier alpha value is -2.59. The predicted molar refractivity (Wildman–Crippen MR) is 57.0 cm³/mol.